The SMILES string of the molecule is C=C(CCC(C)C(CCC)C(C)=S)CC(C)C(=C)C. The number of hydrogen-bond donors (Lipinski definition) is 0. The zero-order valence-corrected chi connectivity index (χ0v) is 14.4. The van der Waals surface area contributed by atoms with Gasteiger partial charge in [0.15, 0.2) is 0 Å². The van der Waals surface area contributed by atoms with E-state index in [-0.39, 0.29) is 0 Å². The van der Waals surface area contributed by atoms with Crippen LogP contribution >= 0.6 is 12.2 Å². The van der Waals surface area contributed by atoms with Gasteiger partial charge in [0.05, 0.1) is 0 Å². The molecule has 0 rings (SSSR count). The third-order valence-corrected chi connectivity index (χ3v) is 4.50. The second-order valence-electron chi connectivity index (χ2n) is 6.22. The molecule has 1 heteroatoms. The van der Waals surface area contributed by atoms with Crippen LogP contribution in [0.5, 0.6) is 0 Å². The zero-order valence-electron chi connectivity index (χ0n) is 13.6. The minimum atomic E-state index is 0.557. The molecule has 0 fully saturated rings. The molecule has 0 N–H and O–H groups in total. The van der Waals surface area contributed by atoms with E-state index in [0.29, 0.717) is 17.8 Å². The summed E-state index contributed by atoms with van der Waals surface area (Å²) in [5.41, 5.74) is 2.62. The third-order valence-electron chi connectivity index (χ3n) is 4.20. The van der Waals surface area contributed by atoms with Gasteiger partial charge in [-0.1, -0.05) is 63.7 Å². The Labute approximate surface area is 126 Å². The molecule has 0 spiro atoms. The Morgan fingerprint density at radius 3 is 2.11 bits per heavy atom. The van der Waals surface area contributed by atoms with Crippen LogP contribution < -0.4 is 0 Å². The summed E-state index contributed by atoms with van der Waals surface area (Å²) < 4.78 is 0. The molecule has 0 radical (unpaired) electrons. The van der Waals surface area contributed by atoms with Crippen LogP contribution in [-0.2, 0) is 0 Å². The second kappa shape index (κ2) is 9.47. The van der Waals surface area contributed by atoms with Crippen LogP contribution in [0.4, 0.5) is 0 Å². The number of rotatable bonds is 10. The van der Waals surface area contributed by atoms with Crippen LogP contribution in [0.3, 0.4) is 0 Å². The van der Waals surface area contributed by atoms with Gasteiger partial charge in [0.25, 0.3) is 0 Å². The van der Waals surface area contributed by atoms with Crippen molar-refractivity contribution in [1.82, 2.24) is 0 Å². The smallest absolute Gasteiger partial charge is 0.00689 e. The predicted molar refractivity (Wildman–Crippen MR) is 92.8 cm³/mol. The maximum Gasteiger partial charge on any atom is -0.00689 e. The molecular weight excluding hydrogens is 248 g/mol. The largest absolute Gasteiger partial charge is 0.0999 e. The molecule has 3 unspecified atom stereocenters. The van der Waals surface area contributed by atoms with E-state index in [1.54, 1.807) is 0 Å². The van der Waals surface area contributed by atoms with Crippen LogP contribution in [0, 0.1) is 17.8 Å². The quantitative estimate of drug-likeness (QED) is 0.331. The Balaban J connectivity index is 4.20. The fourth-order valence-electron chi connectivity index (χ4n) is 2.54. The molecule has 0 aliphatic heterocycles. The minimum Gasteiger partial charge on any atom is -0.0999 e. The van der Waals surface area contributed by atoms with Crippen LogP contribution in [0.15, 0.2) is 24.3 Å². The molecule has 0 aliphatic carbocycles. The molecule has 0 saturated carbocycles. The molecule has 0 bridgehead atoms. The first kappa shape index (κ1) is 18.6. The predicted octanol–water partition coefficient (Wildman–Crippen LogP) is 6.37. The van der Waals surface area contributed by atoms with Crippen molar-refractivity contribution >= 4 is 17.1 Å². The monoisotopic (exact) mass is 280 g/mol. The van der Waals surface area contributed by atoms with Crippen molar-refractivity contribution < 1.29 is 0 Å². The Bertz CT molecular complexity index is 314. The minimum absolute atomic E-state index is 0.557. The van der Waals surface area contributed by atoms with Gasteiger partial charge < -0.3 is 0 Å². The Morgan fingerprint density at radius 2 is 1.68 bits per heavy atom. The molecule has 3 atom stereocenters. The van der Waals surface area contributed by atoms with Crippen LogP contribution in [-0.4, -0.2) is 4.86 Å². The van der Waals surface area contributed by atoms with Crippen molar-refractivity contribution in [2.45, 2.75) is 66.7 Å². The summed E-state index contributed by atoms with van der Waals surface area (Å²) in [5.74, 6) is 1.84. The van der Waals surface area contributed by atoms with Gasteiger partial charge in [0.2, 0.25) is 0 Å². The van der Waals surface area contributed by atoms with Gasteiger partial charge in [0, 0.05) is 0 Å². The lowest BCUT2D eigenvalue weighted by Gasteiger charge is -2.23. The van der Waals surface area contributed by atoms with Crippen molar-refractivity contribution in [2.24, 2.45) is 17.8 Å². The molecular formula is C18H32S. The molecule has 0 aromatic carbocycles. The Kier molecular flexibility index (Phi) is 9.26. The van der Waals surface area contributed by atoms with E-state index >= 15 is 0 Å². The summed E-state index contributed by atoms with van der Waals surface area (Å²) in [5, 5.41) is 0. The maximum atomic E-state index is 5.41. The molecule has 0 amide bonds. The van der Waals surface area contributed by atoms with Gasteiger partial charge in [-0.3, -0.25) is 0 Å². The van der Waals surface area contributed by atoms with Crippen molar-refractivity contribution in [3.63, 3.8) is 0 Å². The average Bonchev–Trinajstić information content (AvgIpc) is 2.32. The fourth-order valence-corrected chi connectivity index (χ4v) is 2.89. The van der Waals surface area contributed by atoms with Crippen molar-refractivity contribution in [3.8, 4) is 0 Å². The lowest BCUT2D eigenvalue weighted by molar-refractivity contribution is 0.398. The van der Waals surface area contributed by atoms with Gasteiger partial charge in [-0.15, -0.1) is 0 Å². The topological polar surface area (TPSA) is 0 Å². The summed E-state index contributed by atoms with van der Waals surface area (Å²) in [4.78, 5) is 1.18. The third kappa shape index (κ3) is 7.67. The first-order valence-electron chi connectivity index (χ1n) is 7.62. The second-order valence-corrected chi connectivity index (χ2v) is 6.87. The number of allylic oxidation sites excluding steroid dienone is 2. The van der Waals surface area contributed by atoms with E-state index in [4.69, 9.17) is 12.2 Å². The molecule has 0 aromatic rings. The molecule has 0 heterocycles. The Morgan fingerprint density at radius 1 is 1.11 bits per heavy atom. The normalized spacial score (nSPS) is 15.6. The van der Waals surface area contributed by atoms with Gasteiger partial charge in [0.1, 0.15) is 0 Å². The number of hydrogen-bond acceptors (Lipinski definition) is 1. The van der Waals surface area contributed by atoms with Crippen LogP contribution in [0.2, 0.25) is 0 Å². The molecule has 0 nitrogen and oxygen atoms in total. The number of thiocarbonyl (C=S) groups is 1. The first-order valence-corrected chi connectivity index (χ1v) is 8.02. The highest BCUT2D eigenvalue weighted by atomic mass is 32.1. The summed E-state index contributed by atoms with van der Waals surface area (Å²) >= 11 is 5.41. The summed E-state index contributed by atoms with van der Waals surface area (Å²) in [7, 11) is 0. The summed E-state index contributed by atoms with van der Waals surface area (Å²) in [6.45, 7) is 19.3. The van der Waals surface area contributed by atoms with Crippen LogP contribution in [0.1, 0.15) is 66.7 Å². The van der Waals surface area contributed by atoms with Gasteiger partial charge in [-0.05, 0) is 62.1 Å². The van der Waals surface area contributed by atoms with Gasteiger partial charge >= 0.3 is 0 Å². The van der Waals surface area contributed by atoms with E-state index in [9.17, 15) is 0 Å². The molecule has 0 saturated heterocycles. The van der Waals surface area contributed by atoms with E-state index < -0.39 is 0 Å². The average molecular weight is 281 g/mol. The first-order chi connectivity index (χ1) is 8.79. The van der Waals surface area contributed by atoms with E-state index in [2.05, 4.69) is 47.8 Å². The highest BCUT2D eigenvalue weighted by Gasteiger charge is 2.18. The summed E-state index contributed by atoms with van der Waals surface area (Å²) in [6.07, 6.45) is 5.86. The van der Waals surface area contributed by atoms with E-state index in [1.807, 2.05) is 0 Å². The standard InChI is InChI=1S/C18H32S/c1-8-9-18(17(7)19)15(5)11-10-14(4)12-16(6)13(2)3/h15-16,18H,2,4,8-12H2,1,3,5-7H3. The van der Waals surface area contributed by atoms with Crippen molar-refractivity contribution in [1.29, 1.82) is 0 Å². The zero-order chi connectivity index (χ0) is 15.0. The van der Waals surface area contributed by atoms with Crippen molar-refractivity contribution in [2.75, 3.05) is 0 Å². The van der Waals surface area contributed by atoms with Gasteiger partial charge in [-0.25, -0.2) is 0 Å². The van der Waals surface area contributed by atoms with Crippen LogP contribution in [0.25, 0.3) is 0 Å². The van der Waals surface area contributed by atoms with E-state index in [1.165, 1.54) is 35.3 Å². The summed E-state index contributed by atoms with van der Waals surface area (Å²) in [6, 6.07) is 0. The highest BCUT2D eigenvalue weighted by Crippen LogP contribution is 2.27. The molecule has 0 aromatic heterocycles. The fraction of sp³-hybridized carbons (Fsp3) is 0.722. The molecule has 110 valence electrons. The Hall–Kier alpha value is -0.430. The highest BCUT2D eigenvalue weighted by molar-refractivity contribution is 7.80. The lowest BCUT2D eigenvalue weighted by atomic mass is 9.83. The maximum absolute atomic E-state index is 5.41. The lowest BCUT2D eigenvalue weighted by Crippen LogP contribution is -2.18. The van der Waals surface area contributed by atoms with Gasteiger partial charge in [-0.2, -0.15) is 0 Å². The molecule has 0 aliphatic rings. The van der Waals surface area contributed by atoms with Crippen molar-refractivity contribution in [3.05, 3.63) is 24.3 Å². The molecule has 19 heavy (non-hydrogen) atoms. The van der Waals surface area contributed by atoms with E-state index in [0.717, 1.165) is 12.8 Å².